The molecule has 2 aromatic rings. The van der Waals surface area contributed by atoms with Gasteiger partial charge in [-0.2, -0.15) is 26.3 Å². The number of aliphatic hydroxyl groups excluding tert-OH is 1. The minimum atomic E-state index is -4.97. The monoisotopic (exact) mass is 380 g/mol. The first-order valence-electron chi connectivity index (χ1n) is 7.89. The van der Waals surface area contributed by atoms with Gasteiger partial charge in [-0.05, 0) is 23.6 Å². The molecule has 2 rings (SSSR count). The minimum Gasteiger partial charge on any atom is -0.387 e. The Morgan fingerprint density at radius 3 is 2.23 bits per heavy atom. The Kier molecular flexibility index (Phi) is 5.53. The molecule has 0 fully saturated rings. The molecule has 1 heterocycles. The van der Waals surface area contributed by atoms with Crippen molar-refractivity contribution in [1.82, 2.24) is 4.98 Å². The molecule has 0 saturated heterocycles. The van der Waals surface area contributed by atoms with Gasteiger partial charge in [0.2, 0.25) is 0 Å². The third-order valence-corrected chi connectivity index (χ3v) is 4.45. The highest BCUT2D eigenvalue weighted by Crippen LogP contribution is 2.39. The van der Waals surface area contributed by atoms with Gasteiger partial charge in [0.05, 0.1) is 17.2 Å². The van der Waals surface area contributed by atoms with Crippen molar-refractivity contribution in [1.29, 1.82) is 0 Å². The molecule has 0 amide bonds. The average molecular weight is 380 g/mol. The van der Waals surface area contributed by atoms with E-state index in [0.29, 0.717) is 18.6 Å². The molecular weight excluding hydrogens is 362 g/mol. The molecule has 0 aliphatic carbocycles. The SMILES string of the molecule is CC[C@H](C)C(N)C(O)c1cc(C(F)(F)F)nc2c(C(F)(F)F)cccc12. The van der Waals surface area contributed by atoms with Gasteiger partial charge in [-0.25, -0.2) is 4.98 Å². The second kappa shape index (κ2) is 7.03. The van der Waals surface area contributed by atoms with Crippen LogP contribution in [0.1, 0.15) is 43.2 Å². The quantitative estimate of drug-likeness (QED) is 0.758. The van der Waals surface area contributed by atoms with Crippen molar-refractivity contribution in [2.24, 2.45) is 11.7 Å². The molecule has 0 bridgehead atoms. The number of nitrogens with two attached hydrogens (primary N) is 1. The number of para-hydroxylation sites is 1. The van der Waals surface area contributed by atoms with E-state index in [9.17, 15) is 31.4 Å². The highest BCUT2D eigenvalue weighted by molar-refractivity contribution is 5.86. The first kappa shape index (κ1) is 20.4. The number of benzene rings is 1. The van der Waals surface area contributed by atoms with Crippen molar-refractivity contribution in [3.8, 4) is 0 Å². The van der Waals surface area contributed by atoms with Crippen LogP contribution in [-0.4, -0.2) is 16.1 Å². The maximum atomic E-state index is 13.2. The maximum Gasteiger partial charge on any atom is 0.433 e. The van der Waals surface area contributed by atoms with E-state index in [1.54, 1.807) is 13.8 Å². The number of nitrogens with zero attached hydrogens (tertiary/aromatic N) is 1. The first-order valence-corrected chi connectivity index (χ1v) is 7.89. The van der Waals surface area contributed by atoms with Crippen molar-refractivity contribution in [3.05, 3.63) is 41.1 Å². The second-order valence-electron chi connectivity index (χ2n) is 6.20. The molecule has 0 aliphatic rings. The first-order chi connectivity index (χ1) is 11.9. The van der Waals surface area contributed by atoms with E-state index in [-0.39, 0.29) is 16.9 Å². The largest absolute Gasteiger partial charge is 0.433 e. The molecule has 3 atom stereocenters. The molecule has 1 aromatic carbocycles. The molecule has 1 aromatic heterocycles. The van der Waals surface area contributed by atoms with Crippen molar-refractivity contribution < 1.29 is 31.4 Å². The number of rotatable bonds is 4. The van der Waals surface area contributed by atoms with Crippen molar-refractivity contribution in [2.45, 2.75) is 44.8 Å². The number of aliphatic hydroxyl groups is 1. The van der Waals surface area contributed by atoms with E-state index >= 15 is 0 Å². The number of fused-ring (bicyclic) bond motifs is 1. The summed E-state index contributed by atoms with van der Waals surface area (Å²) in [6.07, 6.45) is -10.9. The van der Waals surface area contributed by atoms with Crippen LogP contribution >= 0.6 is 0 Å². The van der Waals surface area contributed by atoms with Gasteiger partial charge in [0.15, 0.2) is 0 Å². The molecule has 0 aliphatic heterocycles. The smallest absolute Gasteiger partial charge is 0.387 e. The molecule has 3 N–H and O–H groups in total. The van der Waals surface area contributed by atoms with Crippen LogP contribution in [0.2, 0.25) is 0 Å². The standard InChI is InChI=1S/C17H18F6N2O/c1-3-8(2)13(24)15(26)10-7-12(17(21,22)23)25-14-9(10)5-4-6-11(14)16(18,19)20/h4-8,13,15,26H,3,24H2,1-2H3/t8-,13?,15?/m0/s1. The number of halogens is 6. The molecule has 0 spiro atoms. The minimum absolute atomic E-state index is 0.209. The molecule has 0 saturated carbocycles. The Morgan fingerprint density at radius 2 is 1.73 bits per heavy atom. The molecule has 26 heavy (non-hydrogen) atoms. The molecule has 0 radical (unpaired) electrons. The summed E-state index contributed by atoms with van der Waals surface area (Å²) in [4.78, 5) is 3.18. The molecule has 2 unspecified atom stereocenters. The zero-order valence-corrected chi connectivity index (χ0v) is 14.0. The van der Waals surface area contributed by atoms with Gasteiger partial charge < -0.3 is 10.8 Å². The lowest BCUT2D eigenvalue weighted by Gasteiger charge is -2.26. The van der Waals surface area contributed by atoms with Gasteiger partial charge in [0.1, 0.15) is 5.69 Å². The van der Waals surface area contributed by atoms with Crippen molar-refractivity contribution in [3.63, 3.8) is 0 Å². The predicted molar refractivity (Wildman–Crippen MR) is 84.1 cm³/mol. The Hall–Kier alpha value is -1.87. The molecular formula is C17H18F6N2O. The third-order valence-electron chi connectivity index (χ3n) is 4.45. The summed E-state index contributed by atoms with van der Waals surface area (Å²) in [5.41, 5.74) is 1.92. The zero-order valence-electron chi connectivity index (χ0n) is 14.0. The summed E-state index contributed by atoms with van der Waals surface area (Å²) in [6, 6.07) is 2.53. The number of hydrogen-bond acceptors (Lipinski definition) is 3. The zero-order chi connectivity index (χ0) is 19.9. The van der Waals surface area contributed by atoms with Crippen molar-refractivity contribution >= 4 is 10.9 Å². The number of aromatic nitrogens is 1. The maximum absolute atomic E-state index is 13.2. The lowest BCUT2D eigenvalue weighted by molar-refractivity contribution is -0.142. The third kappa shape index (κ3) is 3.93. The van der Waals surface area contributed by atoms with Gasteiger partial charge in [0.25, 0.3) is 0 Å². The van der Waals surface area contributed by atoms with E-state index in [0.717, 1.165) is 6.07 Å². The number of alkyl halides is 6. The van der Waals surface area contributed by atoms with Crippen LogP contribution in [0.4, 0.5) is 26.3 Å². The molecule has 144 valence electrons. The van der Waals surface area contributed by atoms with Crippen LogP contribution in [0.5, 0.6) is 0 Å². The molecule has 3 nitrogen and oxygen atoms in total. The Morgan fingerprint density at radius 1 is 1.12 bits per heavy atom. The van der Waals surface area contributed by atoms with Crippen LogP contribution in [0.15, 0.2) is 24.3 Å². The van der Waals surface area contributed by atoms with Gasteiger partial charge in [-0.3, -0.25) is 0 Å². The Labute approximate surface area is 145 Å². The van der Waals surface area contributed by atoms with Gasteiger partial charge in [-0.1, -0.05) is 32.4 Å². The summed E-state index contributed by atoms with van der Waals surface area (Å²) in [7, 11) is 0. The lowest BCUT2D eigenvalue weighted by Crippen LogP contribution is -2.35. The van der Waals surface area contributed by atoms with Gasteiger partial charge >= 0.3 is 12.4 Å². The van der Waals surface area contributed by atoms with E-state index in [1.165, 1.54) is 6.07 Å². The number of hydrogen-bond donors (Lipinski definition) is 2. The second-order valence-corrected chi connectivity index (χ2v) is 6.20. The normalized spacial score (nSPS) is 16.5. The van der Waals surface area contributed by atoms with E-state index in [1.807, 2.05) is 0 Å². The summed E-state index contributed by atoms with van der Waals surface area (Å²) < 4.78 is 79.1. The summed E-state index contributed by atoms with van der Waals surface area (Å²) in [5.74, 6) is -0.256. The van der Waals surface area contributed by atoms with E-state index in [4.69, 9.17) is 5.73 Å². The summed E-state index contributed by atoms with van der Waals surface area (Å²) >= 11 is 0. The predicted octanol–water partition coefficient (Wildman–Crippen LogP) is 4.68. The van der Waals surface area contributed by atoms with E-state index in [2.05, 4.69) is 4.98 Å². The topological polar surface area (TPSA) is 59.1 Å². The Balaban J connectivity index is 2.80. The highest BCUT2D eigenvalue weighted by Gasteiger charge is 2.38. The summed E-state index contributed by atoms with van der Waals surface area (Å²) in [6.45, 7) is 3.48. The van der Waals surface area contributed by atoms with Crippen molar-refractivity contribution in [2.75, 3.05) is 0 Å². The average Bonchev–Trinajstić information content (AvgIpc) is 2.56. The fourth-order valence-corrected chi connectivity index (χ4v) is 2.68. The fraction of sp³-hybridized carbons (Fsp3) is 0.471. The van der Waals surface area contributed by atoms with Crippen LogP contribution in [0.25, 0.3) is 10.9 Å². The van der Waals surface area contributed by atoms with E-state index < -0.39 is 41.3 Å². The van der Waals surface area contributed by atoms with Crippen LogP contribution in [-0.2, 0) is 12.4 Å². The molecule has 9 heteroatoms. The summed E-state index contributed by atoms with van der Waals surface area (Å²) in [5, 5.41) is 10.3. The van der Waals surface area contributed by atoms with Gasteiger partial charge in [-0.15, -0.1) is 0 Å². The van der Waals surface area contributed by atoms with Crippen LogP contribution in [0.3, 0.4) is 0 Å². The Bertz CT molecular complexity index is 787. The van der Waals surface area contributed by atoms with Crippen LogP contribution in [0, 0.1) is 5.92 Å². The van der Waals surface area contributed by atoms with Gasteiger partial charge in [0, 0.05) is 11.4 Å². The lowest BCUT2D eigenvalue weighted by atomic mass is 9.89. The highest BCUT2D eigenvalue weighted by atomic mass is 19.4. The number of pyridine rings is 1. The fourth-order valence-electron chi connectivity index (χ4n) is 2.68. The van der Waals surface area contributed by atoms with Crippen LogP contribution < -0.4 is 5.73 Å².